The lowest BCUT2D eigenvalue weighted by Crippen LogP contribution is -2.06. The van der Waals surface area contributed by atoms with Crippen LogP contribution in [-0.2, 0) is 0 Å². The molecular weight excluding hydrogens is 114 g/mol. The SMILES string of the molecule is c1ccc2c(c1)[N-]NN2. The van der Waals surface area contributed by atoms with Gasteiger partial charge in [-0.05, 0) is 6.07 Å². The highest BCUT2D eigenvalue weighted by Crippen LogP contribution is 2.30. The molecule has 3 nitrogen and oxygen atoms in total. The Labute approximate surface area is 53.0 Å². The highest BCUT2D eigenvalue weighted by molar-refractivity contribution is 5.73. The molecule has 0 spiro atoms. The first-order valence-corrected chi connectivity index (χ1v) is 2.77. The van der Waals surface area contributed by atoms with E-state index in [0.717, 1.165) is 11.4 Å². The zero-order valence-electron chi connectivity index (χ0n) is 4.76. The van der Waals surface area contributed by atoms with Crippen molar-refractivity contribution in [3.63, 3.8) is 0 Å². The Balaban J connectivity index is 2.54. The van der Waals surface area contributed by atoms with Gasteiger partial charge in [0.25, 0.3) is 0 Å². The number of benzene rings is 1. The summed E-state index contributed by atoms with van der Waals surface area (Å²) in [5, 5.41) is 0. The topological polar surface area (TPSA) is 38.2 Å². The van der Waals surface area contributed by atoms with Crippen LogP contribution in [0.15, 0.2) is 24.3 Å². The molecule has 2 rings (SSSR count). The van der Waals surface area contributed by atoms with Crippen LogP contribution in [-0.4, -0.2) is 0 Å². The molecule has 0 unspecified atom stereocenters. The van der Waals surface area contributed by atoms with Gasteiger partial charge in [0.2, 0.25) is 0 Å². The molecule has 0 aromatic heterocycles. The molecule has 9 heavy (non-hydrogen) atoms. The Hall–Kier alpha value is -1.22. The molecule has 1 aromatic rings. The van der Waals surface area contributed by atoms with Crippen molar-refractivity contribution in [2.75, 3.05) is 5.43 Å². The van der Waals surface area contributed by atoms with Crippen LogP contribution in [0.5, 0.6) is 0 Å². The third-order valence-corrected chi connectivity index (χ3v) is 1.27. The minimum atomic E-state index is 0.970. The van der Waals surface area contributed by atoms with Crippen molar-refractivity contribution in [1.29, 1.82) is 0 Å². The van der Waals surface area contributed by atoms with Gasteiger partial charge < -0.3 is 16.4 Å². The lowest BCUT2D eigenvalue weighted by atomic mass is 10.3. The van der Waals surface area contributed by atoms with E-state index in [1.54, 1.807) is 0 Å². The van der Waals surface area contributed by atoms with Crippen molar-refractivity contribution in [1.82, 2.24) is 5.53 Å². The number of rotatable bonds is 0. The van der Waals surface area contributed by atoms with Crippen LogP contribution in [0, 0.1) is 0 Å². The molecule has 0 saturated carbocycles. The third-order valence-electron chi connectivity index (χ3n) is 1.27. The van der Waals surface area contributed by atoms with Crippen molar-refractivity contribution in [2.24, 2.45) is 0 Å². The Bertz CT molecular complexity index is 198. The van der Waals surface area contributed by atoms with Crippen LogP contribution >= 0.6 is 0 Å². The molecule has 2 N–H and O–H groups in total. The Kier molecular flexibility index (Phi) is 0.841. The van der Waals surface area contributed by atoms with Crippen LogP contribution < -0.4 is 11.0 Å². The summed E-state index contributed by atoms with van der Waals surface area (Å²) in [6.45, 7) is 0. The molecule has 0 amide bonds. The minimum absolute atomic E-state index is 0.970. The second kappa shape index (κ2) is 1.63. The second-order valence-corrected chi connectivity index (χ2v) is 1.87. The van der Waals surface area contributed by atoms with E-state index in [1.165, 1.54) is 0 Å². The van der Waals surface area contributed by atoms with E-state index in [9.17, 15) is 0 Å². The Morgan fingerprint density at radius 1 is 1.22 bits per heavy atom. The first-order chi connectivity index (χ1) is 4.47. The summed E-state index contributed by atoms with van der Waals surface area (Å²) in [6.07, 6.45) is 0. The number of hydrogen-bond donors (Lipinski definition) is 2. The first-order valence-electron chi connectivity index (χ1n) is 2.77. The van der Waals surface area contributed by atoms with Crippen molar-refractivity contribution in [2.45, 2.75) is 0 Å². The molecule has 1 aliphatic heterocycles. The zero-order valence-corrected chi connectivity index (χ0v) is 4.76. The molecule has 1 aromatic carbocycles. The molecule has 0 bridgehead atoms. The third kappa shape index (κ3) is 0.622. The molecule has 0 aliphatic carbocycles. The molecule has 0 atom stereocenters. The molecule has 46 valence electrons. The van der Waals surface area contributed by atoms with E-state index in [4.69, 9.17) is 0 Å². The number of anilines is 1. The van der Waals surface area contributed by atoms with Gasteiger partial charge in [0.05, 0.1) is 0 Å². The molecule has 3 heteroatoms. The van der Waals surface area contributed by atoms with Gasteiger partial charge in [-0.25, -0.2) is 0 Å². The summed E-state index contributed by atoms with van der Waals surface area (Å²) in [5.74, 6) is 0. The summed E-state index contributed by atoms with van der Waals surface area (Å²) >= 11 is 0. The smallest absolute Gasteiger partial charge is 0.0334 e. The highest BCUT2D eigenvalue weighted by atomic mass is 15.6. The van der Waals surface area contributed by atoms with Crippen molar-refractivity contribution < 1.29 is 0 Å². The van der Waals surface area contributed by atoms with Gasteiger partial charge in [0, 0.05) is 5.69 Å². The number of nitrogens with zero attached hydrogens (tertiary/aromatic N) is 1. The van der Waals surface area contributed by atoms with Crippen molar-refractivity contribution in [3.8, 4) is 0 Å². The average molecular weight is 120 g/mol. The van der Waals surface area contributed by atoms with E-state index in [-0.39, 0.29) is 0 Å². The fraction of sp³-hybridized carbons (Fsp3) is 0. The Morgan fingerprint density at radius 2 is 2.11 bits per heavy atom. The second-order valence-electron chi connectivity index (χ2n) is 1.87. The van der Waals surface area contributed by atoms with Crippen LogP contribution in [0.4, 0.5) is 11.4 Å². The summed E-state index contributed by atoms with van der Waals surface area (Å²) < 4.78 is 0. The fourth-order valence-corrected chi connectivity index (χ4v) is 0.825. The maximum atomic E-state index is 3.94. The van der Waals surface area contributed by atoms with Crippen LogP contribution in [0.2, 0.25) is 0 Å². The maximum absolute atomic E-state index is 3.94. The van der Waals surface area contributed by atoms with Crippen LogP contribution in [0.3, 0.4) is 0 Å². The van der Waals surface area contributed by atoms with E-state index < -0.39 is 0 Å². The zero-order chi connectivity index (χ0) is 6.10. The number of fused-ring (bicyclic) bond motifs is 1. The first kappa shape index (κ1) is 4.64. The quantitative estimate of drug-likeness (QED) is 0.545. The van der Waals surface area contributed by atoms with Crippen molar-refractivity contribution in [3.05, 3.63) is 29.7 Å². The van der Waals surface area contributed by atoms with E-state index >= 15 is 0 Å². The van der Waals surface area contributed by atoms with E-state index in [1.807, 2.05) is 24.3 Å². The normalized spacial score (nSPS) is 13.8. The number of para-hydroxylation sites is 2. The monoisotopic (exact) mass is 120 g/mol. The van der Waals surface area contributed by atoms with Gasteiger partial charge in [-0.3, -0.25) is 0 Å². The van der Waals surface area contributed by atoms with Gasteiger partial charge >= 0.3 is 0 Å². The molecule has 0 radical (unpaired) electrons. The largest absolute Gasteiger partial charge is 0.602 e. The molecule has 1 aliphatic rings. The molecular formula is C6H6N3-. The lowest BCUT2D eigenvalue weighted by molar-refractivity contribution is 1.07. The van der Waals surface area contributed by atoms with E-state index in [2.05, 4.69) is 16.4 Å². The number of hydrazine groups is 1. The van der Waals surface area contributed by atoms with Gasteiger partial charge in [-0.2, -0.15) is 0 Å². The summed E-state index contributed by atoms with van der Waals surface area (Å²) in [6, 6.07) is 7.84. The molecule has 1 heterocycles. The molecule has 0 fully saturated rings. The summed E-state index contributed by atoms with van der Waals surface area (Å²) in [7, 11) is 0. The summed E-state index contributed by atoms with van der Waals surface area (Å²) in [4.78, 5) is 0. The number of nitrogens with one attached hydrogen (secondary N) is 2. The number of hydrogen-bond acceptors (Lipinski definition) is 2. The van der Waals surface area contributed by atoms with Gasteiger partial charge in [0.15, 0.2) is 0 Å². The summed E-state index contributed by atoms with van der Waals surface area (Å²) in [5.41, 5.74) is 11.5. The maximum Gasteiger partial charge on any atom is 0.0334 e. The van der Waals surface area contributed by atoms with E-state index in [0.29, 0.717) is 0 Å². The van der Waals surface area contributed by atoms with Crippen LogP contribution in [0.25, 0.3) is 5.43 Å². The Morgan fingerprint density at radius 3 is 3.00 bits per heavy atom. The van der Waals surface area contributed by atoms with Gasteiger partial charge in [-0.15, -0.1) is 5.69 Å². The average Bonchev–Trinajstić information content (AvgIpc) is 2.33. The van der Waals surface area contributed by atoms with Crippen LogP contribution in [0.1, 0.15) is 0 Å². The van der Waals surface area contributed by atoms with Gasteiger partial charge in [-0.1, -0.05) is 18.2 Å². The predicted octanol–water partition coefficient (Wildman–Crippen LogP) is 1.54. The molecule has 0 saturated heterocycles. The lowest BCUT2D eigenvalue weighted by Gasteiger charge is -2.08. The van der Waals surface area contributed by atoms with Gasteiger partial charge in [0.1, 0.15) is 0 Å². The predicted molar refractivity (Wildman–Crippen MR) is 36.2 cm³/mol. The standard InChI is InChI=1S/C6H6N3/c1-2-4-6-5(3-1)7-9-8-6/h1-4,7,9H/q-1. The minimum Gasteiger partial charge on any atom is -0.602 e. The highest BCUT2D eigenvalue weighted by Gasteiger charge is 1.93. The fourth-order valence-electron chi connectivity index (χ4n) is 0.825. The van der Waals surface area contributed by atoms with Crippen molar-refractivity contribution >= 4 is 11.4 Å².